The van der Waals surface area contributed by atoms with Crippen LogP contribution in [0.1, 0.15) is 15.9 Å². The Labute approximate surface area is 70.2 Å². The van der Waals surface area contributed by atoms with Gasteiger partial charge in [0, 0.05) is 11.1 Å². The van der Waals surface area contributed by atoms with Crippen molar-refractivity contribution < 1.29 is 9.59 Å². The van der Waals surface area contributed by atoms with Crippen LogP contribution in [0.5, 0.6) is 0 Å². The molecule has 1 rings (SSSR count). The highest BCUT2D eigenvalue weighted by Gasteiger charge is 1.89. The molecule has 2 heteroatoms. The Bertz CT molecular complexity index is 356. The van der Waals surface area contributed by atoms with E-state index in [1.807, 2.05) is 0 Å². The third-order valence-corrected chi connectivity index (χ3v) is 1.30. The predicted octanol–water partition coefficient (Wildman–Crippen LogP) is 1.05. The largest absolute Gasteiger partial charge is 0.298 e. The molecule has 12 heavy (non-hydrogen) atoms. The van der Waals surface area contributed by atoms with Crippen molar-refractivity contribution in [3.05, 3.63) is 35.4 Å². The van der Waals surface area contributed by atoms with Crippen LogP contribution >= 0.6 is 0 Å². The number of hydrogen-bond donors (Lipinski definition) is 0. The van der Waals surface area contributed by atoms with Gasteiger partial charge < -0.3 is 0 Å². The van der Waals surface area contributed by atoms with E-state index in [1.165, 1.54) is 0 Å². The second-order valence-electron chi connectivity index (χ2n) is 2.13. The van der Waals surface area contributed by atoms with Crippen molar-refractivity contribution in [3.63, 3.8) is 0 Å². The number of aldehydes is 2. The summed E-state index contributed by atoms with van der Waals surface area (Å²) in [6.07, 6.45) is 1.26. The molecule has 0 saturated carbocycles. The maximum Gasteiger partial charge on any atom is 0.193 e. The summed E-state index contributed by atoms with van der Waals surface area (Å²) in [5, 5.41) is 0. The molecule has 0 spiro atoms. The van der Waals surface area contributed by atoms with Crippen LogP contribution in [0.3, 0.4) is 0 Å². The number of benzene rings is 1. The van der Waals surface area contributed by atoms with E-state index in [1.54, 1.807) is 24.3 Å². The number of carbonyl (C=O) groups is 2. The fourth-order valence-electron chi connectivity index (χ4n) is 0.803. The first-order valence-corrected chi connectivity index (χ1v) is 3.37. The van der Waals surface area contributed by atoms with Gasteiger partial charge in [-0.3, -0.25) is 9.59 Å². The second kappa shape index (κ2) is 4.09. The van der Waals surface area contributed by atoms with Crippen LogP contribution in [0.2, 0.25) is 0 Å². The van der Waals surface area contributed by atoms with Gasteiger partial charge in [-0.25, -0.2) is 0 Å². The minimum Gasteiger partial charge on any atom is -0.298 e. The van der Waals surface area contributed by atoms with Gasteiger partial charge in [0.15, 0.2) is 6.29 Å². The van der Waals surface area contributed by atoms with Gasteiger partial charge in [-0.1, -0.05) is 18.1 Å². The third-order valence-electron chi connectivity index (χ3n) is 1.30. The van der Waals surface area contributed by atoms with E-state index in [2.05, 4.69) is 11.8 Å². The normalized spacial score (nSPS) is 8.00. The Morgan fingerprint density at radius 2 is 2.08 bits per heavy atom. The molecule has 0 heterocycles. The molecule has 0 saturated heterocycles. The summed E-state index contributed by atoms with van der Waals surface area (Å²) < 4.78 is 0. The van der Waals surface area contributed by atoms with Crippen molar-refractivity contribution in [1.29, 1.82) is 0 Å². The third kappa shape index (κ3) is 2.06. The van der Waals surface area contributed by atoms with Gasteiger partial charge in [-0.05, 0) is 18.1 Å². The molecule has 0 atom stereocenters. The first kappa shape index (κ1) is 8.22. The molecule has 0 aliphatic carbocycles. The van der Waals surface area contributed by atoms with Crippen LogP contribution in [-0.4, -0.2) is 12.6 Å². The van der Waals surface area contributed by atoms with Crippen LogP contribution in [0.4, 0.5) is 0 Å². The lowest BCUT2D eigenvalue weighted by atomic mass is 10.1. The molecule has 0 aliphatic rings. The molecule has 1 aromatic rings. The van der Waals surface area contributed by atoms with E-state index >= 15 is 0 Å². The Morgan fingerprint density at radius 1 is 1.25 bits per heavy atom. The van der Waals surface area contributed by atoms with Crippen molar-refractivity contribution in [2.75, 3.05) is 0 Å². The summed E-state index contributed by atoms with van der Waals surface area (Å²) in [6.45, 7) is 0. The molecule has 1 aromatic carbocycles. The monoisotopic (exact) mass is 158 g/mol. The molecule has 0 N–H and O–H groups in total. The van der Waals surface area contributed by atoms with E-state index in [4.69, 9.17) is 0 Å². The van der Waals surface area contributed by atoms with E-state index < -0.39 is 0 Å². The fourth-order valence-corrected chi connectivity index (χ4v) is 0.803. The summed E-state index contributed by atoms with van der Waals surface area (Å²) in [5.74, 6) is 4.86. The van der Waals surface area contributed by atoms with E-state index in [-0.39, 0.29) is 0 Å². The van der Waals surface area contributed by atoms with Crippen molar-refractivity contribution >= 4 is 12.6 Å². The second-order valence-corrected chi connectivity index (χ2v) is 2.13. The number of hydrogen-bond acceptors (Lipinski definition) is 2. The van der Waals surface area contributed by atoms with Gasteiger partial charge in [-0.15, -0.1) is 0 Å². The van der Waals surface area contributed by atoms with Gasteiger partial charge in [0.2, 0.25) is 0 Å². The zero-order valence-corrected chi connectivity index (χ0v) is 6.28. The van der Waals surface area contributed by atoms with Gasteiger partial charge in [-0.2, -0.15) is 0 Å². The highest BCUT2D eigenvalue weighted by molar-refractivity contribution is 5.77. The van der Waals surface area contributed by atoms with Crippen molar-refractivity contribution in [1.82, 2.24) is 0 Å². The summed E-state index contributed by atoms with van der Waals surface area (Å²) in [6, 6.07) is 6.77. The highest BCUT2D eigenvalue weighted by Crippen LogP contribution is 2.00. The molecule has 0 fully saturated rings. The average molecular weight is 158 g/mol. The summed E-state index contributed by atoms with van der Waals surface area (Å²) in [4.78, 5) is 20.2. The SMILES string of the molecule is O=CC#Cc1cccc(C=O)c1. The molecule has 0 aromatic heterocycles. The smallest absolute Gasteiger partial charge is 0.193 e. The molecule has 0 radical (unpaired) electrons. The lowest BCUT2D eigenvalue weighted by Gasteiger charge is -1.89. The van der Waals surface area contributed by atoms with E-state index in [9.17, 15) is 9.59 Å². The summed E-state index contributed by atoms with van der Waals surface area (Å²) >= 11 is 0. The summed E-state index contributed by atoms with van der Waals surface area (Å²) in [7, 11) is 0. The first-order valence-electron chi connectivity index (χ1n) is 3.37. The Kier molecular flexibility index (Phi) is 2.80. The zero-order chi connectivity index (χ0) is 8.81. The topological polar surface area (TPSA) is 34.1 Å². The average Bonchev–Trinajstić information content (AvgIpc) is 2.15. The van der Waals surface area contributed by atoms with Crippen molar-refractivity contribution in [2.45, 2.75) is 0 Å². The standard InChI is InChI=1S/C10H6O2/c11-6-2-5-9-3-1-4-10(7-9)8-12/h1,3-4,6-8H. The van der Waals surface area contributed by atoms with Crippen molar-refractivity contribution in [2.24, 2.45) is 0 Å². The maximum atomic E-state index is 10.3. The van der Waals surface area contributed by atoms with Crippen LogP contribution in [-0.2, 0) is 4.79 Å². The quantitative estimate of drug-likeness (QED) is 0.452. The van der Waals surface area contributed by atoms with Gasteiger partial charge in [0.1, 0.15) is 6.29 Å². The Morgan fingerprint density at radius 3 is 2.75 bits per heavy atom. The van der Waals surface area contributed by atoms with Crippen LogP contribution in [0.25, 0.3) is 0 Å². The van der Waals surface area contributed by atoms with Gasteiger partial charge in [0.05, 0.1) is 0 Å². The first-order chi connectivity index (χ1) is 5.86. The molecule has 0 bridgehead atoms. The molecular weight excluding hydrogens is 152 g/mol. The highest BCUT2D eigenvalue weighted by atomic mass is 16.1. The minimum absolute atomic E-state index is 0.521. The number of rotatable bonds is 1. The lowest BCUT2D eigenvalue weighted by Crippen LogP contribution is -1.80. The number of carbonyl (C=O) groups excluding carboxylic acids is 2. The van der Waals surface area contributed by atoms with Gasteiger partial charge in [0.25, 0.3) is 0 Å². The molecular formula is C10H6O2. The summed E-state index contributed by atoms with van der Waals surface area (Å²) in [5.41, 5.74) is 1.24. The lowest BCUT2D eigenvalue weighted by molar-refractivity contribution is -0.103. The van der Waals surface area contributed by atoms with Crippen LogP contribution in [0.15, 0.2) is 24.3 Å². The van der Waals surface area contributed by atoms with Crippen LogP contribution in [0, 0.1) is 11.8 Å². The molecule has 58 valence electrons. The Hall–Kier alpha value is -1.88. The maximum absolute atomic E-state index is 10.3. The Balaban J connectivity index is 3.01. The van der Waals surface area contributed by atoms with E-state index in [0.29, 0.717) is 17.4 Å². The van der Waals surface area contributed by atoms with E-state index in [0.717, 1.165) is 6.29 Å². The van der Waals surface area contributed by atoms with Gasteiger partial charge >= 0.3 is 0 Å². The molecule has 0 aliphatic heterocycles. The van der Waals surface area contributed by atoms with Crippen LogP contribution < -0.4 is 0 Å². The molecule has 0 amide bonds. The van der Waals surface area contributed by atoms with Crippen molar-refractivity contribution in [3.8, 4) is 11.8 Å². The fraction of sp³-hybridized carbons (Fsp3) is 0. The predicted molar refractivity (Wildman–Crippen MR) is 44.8 cm³/mol. The molecule has 2 nitrogen and oxygen atoms in total. The zero-order valence-electron chi connectivity index (χ0n) is 6.28. The minimum atomic E-state index is 0.521. The molecule has 0 unspecified atom stereocenters.